The van der Waals surface area contributed by atoms with Crippen molar-refractivity contribution in [2.45, 2.75) is 13.8 Å². The van der Waals surface area contributed by atoms with Crippen molar-refractivity contribution in [1.82, 2.24) is 9.97 Å². The fraction of sp³-hybridized carbons (Fsp3) is 0.0833. The van der Waals surface area contributed by atoms with Crippen molar-refractivity contribution in [2.75, 3.05) is 0 Å². The Morgan fingerprint density at radius 2 is 1.32 bits per heavy atom. The van der Waals surface area contributed by atoms with E-state index in [9.17, 15) is 10.2 Å². The molecule has 4 nitrogen and oxygen atoms in total. The first kappa shape index (κ1) is 17.7. The van der Waals surface area contributed by atoms with Crippen molar-refractivity contribution < 1.29 is 10.2 Å². The van der Waals surface area contributed by atoms with Gasteiger partial charge in [0.1, 0.15) is 11.5 Å². The second-order valence-electron chi connectivity index (χ2n) is 6.86. The van der Waals surface area contributed by atoms with E-state index in [-0.39, 0.29) is 11.5 Å². The normalized spacial score (nSPS) is 10.8. The molecule has 0 amide bonds. The van der Waals surface area contributed by atoms with E-state index in [4.69, 9.17) is 0 Å². The van der Waals surface area contributed by atoms with Crippen LogP contribution >= 0.6 is 0 Å². The second-order valence-corrected chi connectivity index (χ2v) is 6.86. The minimum Gasteiger partial charge on any atom is -0.507 e. The van der Waals surface area contributed by atoms with Gasteiger partial charge in [-0.3, -0.25) is 9.97 Å². The van der Waals surface area contributed by atoms with E-state index < -0.39 is 0 Å². The Morgan fingerprint density at radius 3 is 1.89 bits per heavy atom. The van der Waals surface area contributed by atoms with Crippen LogP contribution in [0.1, 0.15) is 11.1 Å². The molecule has 4 aromatic rings. The molecule has 0 aliphatic rings. The van der Waals surface area contributed by atoms with Gasteiger partial charge in [-0.1, -0.05) is 42.5 Å². The molecule has 0 spiro atoms. The van der Waals surface area contributed by atoms with Crippen LogP contribution in [-0.2, 0) is 0 Å². The van der Waals surface area contributed by atoms with Crippen molar-refractivity contribution in [3.63, 3.8) is 0 Å². The Balaban J connectivity index is 1.62. The summed E-state index contributed by atoms with van der Waals surface area (Å²) in [6.07, 6.45) is 3.48. The summed E-state index contributed by atoms with van der Waals surface area (Å²) in [5.74, 6) is 0.521. The van der Waals surface area contributed by atoms with Crippen molar-refractivity contribution in [3.05, 3.63) is 84.2 Å². The molecule has 0 fully saturated rings. The highest BCUT2D eigenvalue weighted by Gasteiger charge is 2.09. The van der Waals surface area contributed by atoms with Gasteiger partial charge in [-0.15, -0.1) is 0 Å². The average molecular weight is 368 g/mol. The molecule has 0 aliphatic carbocycles. The van der Waals surface area contributed by atoms with Gasteiger partial charge in [0.2, 0.25) is 0 Å². The Kier molecular flexibility index (Phi) is 4.53. The number of aromatic nitrogens is 2. The lowest BCUT2D eigenvalue weighted by Gasteiger charge is -2.09. The Labute approximate surface area is 163 Å². The largest absolute Gasteiger partial charge is 0.507 e. The van der Waals surface area contributed by atoms with Gasteiger partial charge < -0.3 is 10.2 Å². The lowest BCUT2D eigenvalue weighted by molar-refractivity contribution is 0.473. The lowest BCUT2D eigenvalue weighted by atomic mass is 10.0. The molecule has 4 heteroatoms. The molecule has 0 atom stereocenters. The van der Waals surface area contributed by atoms with Crippen molar-refractivity contribution in [2.24, 2.45) is 0 Å². The van der Waals surface area contributed by atoms with Crippen LogP contribution in [0.2, 0.25) is 0 Å². The predicted molar refractivity (Wildman–Crippen MR) is 111 cm³/mol. The number of pyridine rings is 2. The summed E-state index contributed by atoms with van der Waals surface area (Å²) in [4.78, 5) is 9.00. The number of aryl methyl sites for hydroxylation is 2. The van der Waals surface area contributed by atoms with Crippen LogP contribution in [-0.4, -0.2) is 20.2 Å². The van der Waals surface area contributed by atoms with Crippen LogP contribution in [0.3, 0.4) is 0 Å². The maximum atomic E-state index is 10.3. The van der Waals surface area contributed by atoms with E-state index >= 15 is 0 Å². The third-order valence-corrected chi connectivity index (χ3v) is 4.80. The SMILES string of the molecule is Cc1ccc(-c2ccc(-c3ccc(-c4cccc(C)c4O)cn3)nc2)c(O)c1. The van der Waals surface area contributed by atoms with Gasteiger partial charge >= 0.3 is 0 Å². The Bertz CT molecular complexity index is 1130. The highest BCUT2D eigenvalue weighted by molar-refractivity contribution is 5.73. The van der Waals surface area contributed by atoms with Crippen molar-refractivity contribution >= 4 is 0 Å². The van der Waals surface area contributed by atoms with Crippen LogP contribution in [0.15, 0.2) is 73.1 Å². The van der Waals surface area contributed by atoms with E-state index in [1.54, 1.807) is 18.5 Å². The summed E-state index contributed by atoms with van der Waals surface area (Å²) < 4.78 is 0. The van der Waals surface area contributed by atoms with Crippen LogP contribution in [0.25, 0.3) is 33.6 Å². The molecular formula is C24H20N2O2. The minimum atomic E-state index is 0.245. The monoisotopic (exact) mass is 368 g/mol. The highest BCUT2D eigenvalue weighted by atomic mass is 16.3. The average Bonchev–Trinajstić information content (AvgIpc) is 2.71. The molecule has 0 unspecified atom stereocenters. The molecule has 2 aromatic heterocycles. The highest BCUT2D eigenvalue weighted by Crippen LogP contribution is 2.33. The molecule has 2 heterocycles. The summed E-state index contributed by atoms with van der Waals surface area (Å²) in [7, 11) is 0. The van der Waals surface area contributed by atoms with E-state index in [1.807, 2.05) is 68.4 Å². The summed E-state index contributed by atoms with van der Waals surface area (Å²) in [5, 5.41) is 20.4. The zero-order valence-corrected chi connectivity index (χ0v) is 15.7. The molecule has 138 valence electrons. The fourth-order valence-electron chi connectivity index (χ4n) is 3.19. The van der Waals surface area contributed by atoms with Crippen LogP contribution in [0, 0.1) is 13.8 Å². The smallest absolute Gasteiger partial charge is 0.126 e. The van der Waals surface area contributed by atoms with E-state index in [1.165, 1.54) is 0 Å². The van der Waals surface area contributed by atoms with Crippen LogP contribution in [0.5, 0.6) is 11.5 Å². The predicted octanol–water partition coefficient (Wildman–Crippen LogP) is 5.51. The molecule has 0 saturated carbocycles. The molecule has 0 radical (unpaired) electrons. The third-order valence-electron chi connectivity index (χ3n) is 4.80. The van der Waals surface area contributed by atoms with Gasteiger partial charge in [0.15, 0.2) is 0 Å². The zero-order chi connectivity index (χ0) is 19.7. The van der Waals surface area contributed by atoms with E-state index in [2.05, 4.69) is 9.97 Å². The second kappa shape index (κ2) is 7.16. The number of hydrogen-bond acceptors (Lipinski definition) is 4. The number of nitrogens with zero attached hydrogens (tertiary/aromatic N) is 2. The van der Waals surface area contributed by atoms with E-state index in [0.29, 0.717) is 0 Å². The standard InChI is InChI=1S/C24H20N2O2/c1-15-6-9-19(23(27)12-15)17-7-10-21(25-13-17)22-11-8-18(14-26-22)20-5-3-4-16(2)24(20)28/h3-14,27-28H,1-2H3. The van der Waals surface area contributed by atoms with Gasteiger partial charge in [-0.2, -0.15) is 0 Å². The molecule has 0 aliphatic heterocycles. The molecule has 2 N–H and O–H groups in total. The number of hydrogen-bond donors (Lipinski definition) is 2. The quantitative estimate of drug-likeness (QED) is 0.501. The molecule has 0 saturated heterocycles. The fourth-order valence-corrected chi connectivity index (χ4v) is 3.19. The topological polar surface area (TPSA) is 66.2 Å². The van der Waals surface area contributed by atoms with Crippen molar-refractivity contribution in [1.29, 1.82) is 0 Å². The summed E-state index contributed by atoms with van der Waals surface area (Å²) in [6, 6.07) is 18.9. The number of rotatable bonds is 3. The first-order chi connectivity index (χ1) is 13.5. The maximum Gasteiger partial charge on any atom is 0.126 e. The Hall–Kier alpha value is -3.66. The number of benzene rings is 2. The number of phenols is 2. The van der Waals surface area contributed by atoms with Gasteiger partial charge in [0.25, 0.3) is 0 Å². The van der Waals surface area contributed by atoms with Gasteiger partial charge in [0, 0.05) is 34.6 Å². The minimum absolute atomic E-state index is 0.245. The molecule has 0 bridgehead atoms. The summed E-state index contributed by atoms with van der Waals surface area (Å²) >= 11 is 0. The Morgan fingerprint density at radius 1 is 0.679 bits per heavy atom. The number of para-hydroxylation sites is 1. The number of aromatic hydroxyl groups is 2. The van der Waals surface area contributed by atoms with Gasteiger partial charge in [-0.05, 0) is 43.2 Å². The van der Waals surface area contributed by atoms with Gasteiger partial charge in [-0.25, -0.2) is 0 Å². The summed E-state index contributed by atoms with van der Waals surface area (Å²) in [5.41, 5.74) is 6.55. The molecule has 28 heavy (non-hydrogen) atoms. The van der Waals surface area contributed by atoms with Crippen molar-refractivity contribution in [3.8, 4) is 45.1 Å². The maximum absolute atomic E-state index is 10.3. The summed E-state index contributed by atoms with van der Waals surface area (Å²) in [6.45, 7) is 3.81. The lowest BCUT2D eigenvalue weighted by Crippen LogP contribution is -1.90. The molecule has 2 aromatic carbocycles. The van der Waals surface area contributed by atoms with Gasteiger partial charge in [0.05, 0.1) is 11.4 Å². The van der Waals surface area contributed by atoms with Crippen LogP contribution in [0.4, 0.5) is 0 Å². The van der Waals surface area contributed by atoms with E-state index in [0.717, 1.165) is 44.8 Å². The molecule has 4 rings (SSSR count). The number of phenolic OH excluding ortho intramolecular Hbond substituents is 2. The third kappa shape index (κ3) is 3.32. The zero-order valence-electron chi connectivity index (χ0n) is 15.7. The van der Waals surface area contributed by atoms with Crippen LogP contribution < -0.4 is 0 Å². The first-order valence-corrected chi connectivity index (χ1v) is 9.04. The first-order valence-electron chi connectivity index (χ1n) is 9.04. The molecular weight excluding hydrogens is 348 g/mol.